The van der Waals surface area contributed by atoms with Gasteiger partial charge in [0.25, 0.3) is 0 Å². The average Bonchev–Trinajstić information content (AvgIpc) is 2.10. The van der Waals surface area contributed by atoms with Gasteiger partial charge in [-0.2, -0.15) is 13.2 Å². The van der Waals surface area contributed by atoms with Gasteiger partial charge in [0.2, 0.25) is 0 Å². The normalized spacial score (nSPS) is 13.1. The fraction of sp³-hybridized carbons (Fsp3) is 0.250. The van der Waals surface area contributed by atoms with Crippen LogP contribution in [0.4, 0.5) is 13.2 Å². The number of benzene rings is 1. The van der Waals surface area contributed by atoms with E-state index >= 15 is 0 Å². The molecule has 2 nitrogen and oxygen atoms in total. The summed E-state index contributed by atoms with van der Waals surface area (Å²) in [5.74, 6) is -0.657. The third kappa shape index (κ3) is 3.16. The maximum Gasteiger partial charge on any atom is 0.407 e. The number of phenolic OH excluding ortho intramolecular Hbond substituents is 1. The largest absolute Gasteiger partial charge is 0.506 e. The molecule has 0 aromatic heterocycles. The average molecular weight is 341 g/mol. The summed E-state index contributed by atoms with van der Waals surface area (Å²) in [5.41, 5.74) is 4.51. The molecule has 0 bridgehead atoms. The number of rotatable bonds is 1. The van der Waals surface area contributed by atoms with E-state index in [4.69, 9.17) is 17.3 Å². The van der Waals surface area contributed by atoms with Gasteiger partial charge in [0.05, 0.1) is 5.02 Å². The molecule has 0 unspecified atom stereocenters. The van der Waals surface area contributed by atoms with E-state index in [2.05, 4.69) is 15.9 Å². The molecule has 0 heterocycles. The monoisotopic (exact) mass is 339 g/mol. The highest BCUT2D eigenvalue weighted by Crippen LogP contribution is 2.42. The molecule has 0 saturated heterocycles. The van der Waals surface area contributed by atoms with Crippen LogP contribution in [0.3, 0.4) is 0 Å². The van der Waals surface area contributed by atoms with Crippen LogP contribution in [-0.4, -0.2) is 11.3 Å². The van der Waals surface area contributed by atoms with Crippen LogP contribution in [0.15, 0.2) is 16.6 Å². The Bertz CT molecular complexity index is 386. The number of nitrogens with two attached hydrogens (primary N) is 1. The first-order valence-corrected chi connectivity index (χ1v) is 4.91. The Hall–Kier alpha value is -0.170. The first-order valence-electron chi connectivity index (χ1n) is 3.74. The molecule has 1 aromatic carbocycles. The lowest BCUT2D eigenvalue weighted by molar-refractivity contribution is -0.149. The second-order valence-corrected chi connectivity index (χ2v) is 4.07. The molecular formula is C8H7BrCl2F3NO. The first-order chi connectivity index (χ1) is 6.75. The molecule has 0 aliphatic heterocycles. The van der Waals surface area contributed by atoms with Gasteiger partial charge in [0.1, 0.15) is 11.8 Å². The number of alkyl halides is 3. The zero-order chi connectivity index (χ0) is 11.8. The summed E-state index contributed by atoms with van der Waals surface area (Å²) in [6.45, 7) is 0. The molecule has 0 aliphatic carbocycles. The van der Waals surface area contributed by atoms with Gasteiger partial charge in [0.15, 0.2) is 0 Å². The predicted octanol–water partition coefficient (Wildman–Crippen LogP) is 3.79. The highest BCUT2D eigenvalue weighted by atomic mass is 79.9. The Morgan fingerprint density at radius 3 is 2.31 bits per heavy atom. The number of hydrogen-bond acceptors (Lipinski definition) is 2. The molecular weight excluding hydrogens is 334 g/mol. The van der Waals surface area contributed by atoms with Gasteiger partial charge in [0, 0.05) is 10.0 Å². The molecule has 3 N–H and O–H groups in total. The molecule has 0 aliphatic rings. The number of aromatic hydroxyl groups is 1. The summed E-state index contributed by atoms with van der Waals surface area (Å²) in [6, 6.07) is 0.293. The Balaban J connectivity index is 0.00000225. The molecule has 1 aromatic rings. The van der Waals surface area contributed by atoms with Gasteiger partial charge >= 0.3 is 6.18 Å². The lowest BCUT2D eigenvalue weighted by atomic mass is 10.1. The summed E-state index contributed by atoms with van der Waals surface area (Å²) in [6.07, 6.45) is -4.63. The summed E-state index contributed by atoms with van der Waals surface area (Å²) in [5, 5.41) is 9.20. The van der Waals surface area contributed by atoms with Crippen LogP contribution in [0.25, 0.3) is 0 Å². The molecule has 8 heteroatoms. The van der Waals surface area contributed by atoms with Crippen LogP contribution in [0.2, 0.25) is 5.02 Å². The molecule has 0 fully saturated rings. The van der Waals surface area contributed by atoms with Gasteiger partial charge < -0.3 is 10.8 Å². The van der Waals surface area contributed by atoms with Crippen LogP contribution in [0, 0.1) is 0 Å². The number of halogens is 6. The Kier molecular flexibility index (Phi) is 5.38. The van der Waals surface area contributed by atoms with Crippen molar-refractivity contribution in [2.45, 2.75) is 12.2 Å². The Labute approximate surface area is 109 Å². The number of hydrogen-bond donors (Lipinski definition) is 2. The van der Waals surface area contributed by atoms with E-state index in [0.29, 0.717) is 0 Å². The second kappa shape index (κ2) is 5.44. The van der Waals surface area contributed by atoms with E-state index in [1.165, 1.54) is 12.1 Å². The summed E-state index contributed by atoms with van der Waals surface area (Å²) in [7, 11) is 0. The number of phenols is 1. The third-order valence-corrected chi connectivity index (χ3v) is 2.77. The van der Waals surface area contributed by atoms with Crippen molar-refractivity contribution in [2.75, 3.05) is 0 Å². The van der Waals surface area contributed by atoms with Crippen molar-refractivity contribution in [3.63, 3.8) is 0 Å². The zero-order valence-electron chi connectivity index (χ0n) is 7.55. The van der Waals surface area contributed by atoms with Crippen LogP contribution < -0.4 is 5.73 Å². The maximum absolute atomic E-state index is 12.3. The van der Waals surface area contributed by atoms with Crippen molar-refractivity contribution < 1.29 is 18.3 Å². The fourth-order valence-corrected chi connectivity index (χ4v) is 1.75. The molecule has 1 atom stereocenters. The molecule has 0 spiro atoms. The second-order valence-electron chi connectivity index (χ2n) is 2.81. The minimum Gasteiger partial charge on any atom is -0.506 e. The molecule has 1 rings (SSSR count). The van der Waals surface area contributed by atoms with Crippen molar-refractivity contribution in [3.8, 4) is 5.75 Å². The van der Waals surface area contributed by atoms with Crippen molar-refractivity contribution in [3.05, 3.63) is 27.2 Å². The topological polar surface area (TPSA) is 46.2 Å². The van der Waals surface area contributed by atoms with Crippen LogP contribution in [0.5, 0.6) is 5.75 Å². The highest BCUT2D eigenvalue weighted by molar-refractivity contribution is 9.10. The minimum atomic E-state index is -4.63. The van der Waals surface area contributed by atoms with Crippen molar-refractivity contribution in [1.82, 2.24) is 0 Å². The third-order valence-electron chi connectivity index (χ3n) is 1.78. The zero-order valence-corrected chi connectivity index (χ0v) is 10.7. The first kappa shape index (κ1) is 15.8. The molecule has 92 valence electrons. The smallest absolute Gasteiger partial charge is 0.407 e. The highest BCUT2D eigenvalue weighted by Gasteiger charge is 2.40. The van der Waals surface area contributed by atoms with Gasteiger partial charge in [-0.15, -0.1) is 12.4 Å². The standard InChI is InChI=1S/C8H6BrClF3NO.ClH/c9-3-1-2-4(10)6(15)5(3)7(14)8(11,12)13;/h1-2,7,15H,14H2;1H/t7-;/m0./s1. The van der Waals surface area contributed by atoms with E-state index < -0.39 is 23.5 Å². The Morgan fingerprint density at radius 2 is 1.88 bits per heavy atom. The van der Waals surface area contributed by atoms with Crippen LogP contribution in [0.1, 0.15) is 11.6 Å². The maximum atomic E-state index is 12.3. The molecule has 16 heavy (non-hydrogen) atoms. The van der Waals surface area contributed by atoms with E-state index in [1.807, 2.05) is 0 Å². The van der Waals surface area contributed by atoms with Crippen LogP contribution in [-0.2, 0) is 0 Å². The van der Waals surface area contributed by atoms with Gasteiger partial charge in [-0.25, -0.2) is 0 Å². The summed E-state index contributed by atoms with van der Waals surface area (Å²) < 4.78 is 37.0. The summed E-state index contributed by atoms with van der Waals surface area (Å²) in [4.78, 5) is 0. The van der Waals surface area contributed by atoms with E-state index in [9.17, 15) is 18.3 Å². The van der Waals surface area contributed by atoms with Gasteiger partial charge in [-0.05, 0) is 12.1 Å². The van der Waals surface area contributed by atoms with Crippen LogP contribution >= 0.6 is 39.9 Å². The SMILES string of the molecule is Cl.N[C@@H](c1c(Br)ccc(Cl)c1O)C(F)(F)F. The fourth-order valence-electron chi connectivity index (χ4n) is 1.02. The van der Waals surface area contributed by atoms with Crippen molar-refractivity contribution in [2.24, 2.45) is 5.73 Å². The van der Waals surface area contributed by atoms with E-state index in [0.717, 1.165) is 0 Å². The van der Waals surface area contributed by atoms with Gasteiger partial charge in [-0.3, -0.25) is 0 Å². The quantitative estimate of drug-likeness (QED) is 0.817. The van der Waals surface area contributed by atoms with Gasteiger partial charge in [-0.1, -0.05) is 27.5 Å². The predicted molar refractivity (Wildman–Crippen MR) is 61.0 cm³/mol. The van der Waals surface area contributed by atoms with Crippen molar-refractivity contribution >= 4 is 39.9 Å². The molecule has 0 saturated carbocycles. The van der Waals surface area contributed by atoms with E-state index in [-0.39, 0.29) is 21.9 Å². The summed E-state index contributed by atoms with van der Waals surface area (Å²) >= 11 is 8.36. The lowest BCUT2D eigenvalue weighted by Gasteiger charge is -2.18. The van der Waals surface area contributed by atoms with E-state index in [1.54, 1.807) is 0 Å². The Morgan fingerprint density at radius 1 is 1.38 bits per heavy atom. The lowest BCUT2D eigenvalue weighted by Crippen LogP contribution is -2.28. The minimum absolute atomic E-state index is 0. The molecule has 0 radical (unpaired) electrons. The molecule has 0 amide bonds. The van der Waals surface area contributed by atoms with Crippen molar-refractivity contribution in [1.29, 1.82) is 0 Å².